The van der Waals surface area contributed by atoms with E-state index < -0.39 is 5.60 Å². The third-order valence-electron chi connectivity index (χ3n) is 3.39. The zero-order chi connectivity index (χ0) is 14.6. The van der Waals surface area contributed by atoms with Crippen molar-refractivity contribution in [3.05, 3.63) is 65.2 Å². The SMILES string of the molecule is Cc1ccc(C(C)(O)c2ccc(OCCO)cc2)cc1. The molecule has 2 N–H and O–H groups in total. The van der Waals surface area contributed by atoms with Crippen molar-refractivity contribution >= 4 is 0 Å². The highest BCUT2D eigenvalue weighted by Gasteiger charge is 2.25. The third-order valence-corrected chi connectivity index (χ3v) is 3.39. The highest BCUT2D eigenvalue weighted by Crippen LogP contribution is 2.30. The van der Waals surface area contributed by atoms with Crippen molar-refractivity contribution < 1.29 is 14.9 Å². The average Bonchev–Trinajstić information content (AvgIpc) is 2.46. The normalized spacial score (nSPS) is 13.8. The molecule has 0 bridgehead atoms. The van der Waals surface area contributed by atoms with E-state index in [1.165, 1.54) is 0 Å². The van der Waals surface area contributed by atoms with Gasteiger partial charge in [-0.15, -0.1) is 0 Å². The largest absolute Gasteiger partial charge is 0.491 e. The minimum absolute atomic E-state index is 0.0111. The highest BCUT2D eigenvalue weighted by molar-refractivity contribution is 5.38. The zero-order valence-electron chi connectivity index (χ0n) is 11.8. The standard InChI is InChI=1S/C17H20O3/c1-13-3-5-14(6-4-13)17(2,19)15-7-9-16(10-8-15)20-12-11-18/h3-10,18-19H,11-12H2,1-2H3. The van der Waals surface area contributed by atoms with Crippen molar-refractivity contribution in [3.8, 4) is 5.75 Å². The molecule has 1 atom stereocenters. The van der Waals surface area contributed by atoms with Gasteiger partial charge in [-0.25, -0.2) is 0 Å². The Kier molecular flexibility index (Phi) is 4.42. The topological polar surface area (TPSA) is 49.7 Å². The van der Waals surface area contributed by atoms with Gasteiger partial charge in [-0.05, 0) is 37.1 Å². The van der Waals surface area contributed by atoms with Crippen LogP contribution >= 0.6 is 0 Å². The van der Waals surface area contributed by atoms with Gasteiger partial charge >= 0.3 is 0 Å². The molecule has 0 aliphatic rings. The lowest BCUT2D eigenvalue weighted by Crippen LogP contribution is -2.22. The Morgan fingerprint density at radius 3 is 1.95 bits per heavy atom. The average molecular weight is 272 g/mol. The molecule has 1 unspecified atom stereocenters. The molecular weight excluding hydrogens is 252 g/mol. The van der Waals surface area contributed by atoms with Crippen LogP contribution in [0.5, 0.6) is 5.75 Å². The lowest BCUT2D eigenvalue weighted by atomic mass is 9.88. The summed E-state index contributed by atoms with van der Waals surface area (Å²) in [4.78, 5) is 0. The lowest BCUT2D eigenvalue weighted by Gasteiger charge is -2.25. The minimum Gasteiger partial charge on any atom is -0.491 e. The number of rotatable bonds is 5. The van der Waals surface area contributed by atoms with Gasteiger partial charge in [-0.2, -0.15) is 0 Å². The van der Waals surface area contributed by atoms with Crippen molar-refractivity contribution in [1.29, 1.82) is 0 Å². The van der Waals surface area contributed by atoms with E-state index >= 15 is 0 Å². The van der Waals surface area contributed by atoms with Gasteiger partial charge in [-0.3, -0.25) is 0 Å². The Hall–Kier alpha value is -1.84. The van der Waals surface area contributed by atoms with E-state index in [-0.39, 0.29) is 13.2 Å². The van der Waals surface area contributed by atoms with E-state index in [0.717, 1.165) is 16.7 Å². The van der Waals surface area contributed by atoms with E-state index in [1.807, 2.05) is 43.3 Å². The molecule has 106 valence electrons. The number of hydrogen-bond acceptors (Lipinski definition) is 3. The molecule has 2 aromatic rings. The molecular formula is C17H20O3. The molecule has 0 amide bonds. The van der Waals surface area contributed by atoms with Gasteiger partial charge in [0.2, 0.25) is 0 Å². The van der Waals surface area contributed by atoms with Crippen LogP contribution in [0.1, 0.15) is 23.6 Å². The molecule has 20 heavy (non-hydrogen) atoms. The van der Waals surface area contributed by atoms with Gasteiger partial charge in [-0.1, -0.05) is 42.0 Å². The molecule has 2 rings (SSSR count). The fraction of sp³-hybridized carbons (Fsp3) is 0.294. The maximum atomic E-state index is 10.7. The van der Waals surface area contributed by atoms with E-state index in [0.29, 0.717) is 5.75 Å². The van der Waals surface area contributed by atoms with E-state index in [2.05, 4.69) is 0 Å². The maximum Gasteiger partial charge on any atom is 0.119 e. The molecule has 0 aromatic heterocycles. The number of aliphatic hydroxyl groups is 2. The summed E-state index contributed by atoms with van der Waals surface area (Å²) in [5.74, 6) is 0.683. The van der Waals surface area contributed by atoms with Crippen molar-refractivity contribution in [2.45, 2.75) is 19.4 Å². The van der Waals surface area contributed by atoms with Crippen LogP contribution in [-0.4, -0.2) is 23.4 Å². The summed E-state index contributed by atoms with van der Waals surface area (Å²) in [6.07, 6.45) is 0. The second kappa shape index (κ2) is 6.07. The zero-order valence-corrected chi connectivity index (χ0v) is 11.8. The first-order chi connectivity index (χ1) is 9.54. The first-order valence-corrected chi connectivity index (χ1v) is 6.68. The van der Waals surface area contributed by atoms with E-state index in [9.17, 15) is 5.11 Å². The molecule has 0 heterocycles. The smallest absolute Gasteiger partial charge is 0.119 e. The van der Waals surface area contributed by atoms with Crippen molar-refractivity contribution in [3.63, 3.8) is 0 Å². The molecule has 3 heteroatoms. The summed E-state index contributed by atoms with van der Waals surface area (Å²) in [6, 6.07) is 15.1. The van der Waals surface area contributed by atoms with Crippen LogP contribution in [0.15, 0.2) is 48.5 Å². The summed E-state index contributed by atoms with van der Waals surface area (Å²) < 4.78 is 5.31. The lowest BCUT2D eigenvalue weighted by molar-refractivity contribution is 0.102. The number of aliphatic hydroxyl groups excluding tert-OH is 1. The van der Waals surface area contributed by atoms with E-state index in [1.54, 1.807) is 19.1 Å². The first-order valence-electron chi connectivity index (χ1n) is 6.68. The van der Waals surface area contributed by atoms with Crippen LogP contribution in [-0.2, 0) is 5.60 Å². The van der Waals surface area contributed by atoms with Gasteiger partial charge in [0.15, 0.2) is 0 Å². The van der Waals surface area contributed by atoms with Crippen LogP contribution in [0.25, 0.3) is 0 Å². The van der Waals surface area contributed by atoms with Crippen LogP contribution in [0.2, 0.25) is 0 Å². The number of ether oxygens (including phenoxy) is 1. The number of benzene rings is 2. The predicted molar refractivity (Wildman–Crippen MR) is 78.9 cm³/mol. The molecule has 0 saturated carbocycles. The summed E-state index contributed by atoms with van der Waals surface area (Å²) in [7, 11) is 0. The number of aryl methyl sites for hydroxylation is 1. The molecule has 0 radical (unpaired) electrons. The van der Waals surface area contributed by atoms with Crippen LogP contribution in [0.3, 0.4) is 0 Å². The molecule has 0 fully saturated rings. The van der Waals surface area contributed by atoms with Crippen molar-refractivity contribution in [2.75, 3.05) is 13.2 Å². The quantitative estimate of drug-likeness (QED) is 0.879. The molecule has 0 aliphatic heterocycles. The molecule has 3 nitrogen and oxygen atoms in total. The Labute approximate surface area is 119 Å². The van der Waals surface area contributed by atoms with Crippen LogP contribution in [0.4, 0.5) is 0 Å². The first kappa shape index (κ1) is 14.6. The summed E-state index contributed by atoms with van der Waals surface area (Å²) in [6.45, 7) is 4.06. The molecule has 0 aliphatic carbocycles. The Balaban J connectivity index is 2.22. The summed E-state index contributed by atoms with van der Waals surface area (Å²) >= 11 is 0. The van der Waals surface area contributed by atoms with Crippen molar-refractivity contribution in [1.82, 2.24) is 0 Å². The summed E-state index contributed by atoms with van der Waals surface area (Å²) in [5.41, 5.74) is 1.78. The summed E-state index contributed by atoms with van der Waals surface area (Å²) in [5, 5.41) is 19.5. The van der Waals surface area contributed by atoms with E-state index in [4.69, 9.17) is 9.84 Å². The fourth-order valence-corrected chi connectivity index (χ4v) is 2.08. The minimum atomic E-state index is -1.04. The van der Waals surface area contributed by atoms with Gasteiger partial charge in [0.05, 0.1) is 6.61 Å². The Morgan fingerprint density at radius 1 is 0.950 bits per heavy atom. The second-order valence-electron chi connectivity index (χ2n) is 5.03. The molecule has 0 spiro atoms. The molecule has 2 aromatic carbocycles. The van der Waals surface area contributed by atoms with Gasteiger partial charge in [0, 0.05) is 0 Å². The van der Waals surface area contributed by atoms with Gasteiger partial charge < -0.3 is 14.9 Å². The monoisotopic (exact) mass is 272 g/mol. The Morgan fingerprint density at radius 2 is 1.45 bits per heavy atom. The van der Waals surface area contributed by atoms with Crippen molar-refractivity contribution in [2.24, 2.45) is 0 Å². The predicted octanol–water partition coefficient (Wildman–Crippen LogP) is 2.62. The van der Waals surface area contributed by atoms with Gasteiger partial charge in [0.25, 0.3) is 0 Å². The van der Waals surface area contributed by atoms with Gasteiger partial charge in [0.1, 0.15) is 18.0 Å². The third kappa shape index (κ3) is 3.18. The fourth-order valence-electron chi connectivity index (χ4n) is 2.08. The number of hydrogen-bond donors (Lipinski definition) is 2. The van der Waals surface area contributed by atoms with Crippen LogP contribution in [0, 0.1) is 6.92 Å². The van der Waals surface area contributed by atoms with Crippen LogP contribution < -0.4 is 4.74 Å². The maximum absolute atomic E-state index is 10.7. The Bertz CT molecular complexity index is 541. The highest BCUT2D eigenvalue weighted by atomic mass is 16.5. The second-order valence-corrected chi connectivity index (χ2v) is 5.03. The molecule has 0 saturated heterocycles.